The molecule has 0 saturated carbocycles. The third-order valence-corrected chi connectivity index (χ3v) is 5.10. The van der Waals surface area contributed by atoms with Crippen molar-refractivity contribution in [3.8, 4) is 0 Å². The summed E-state index contributed by atoms with van der Waals surface area (Å²) < 4.78 is 49.6. The zero-order chi connectivity index (χ0) is 14.4. The fraction of sp³-hybridized carbons (Fsp3) is 1.00. The maximum absolute atomic E-state index is 11.7. The van der Waals surface area contributed by atoms with Gasteiger partial charge in [0.1, 0.15) is 0 Å². The fourth-order valence-electron chi connectivity index (χ4n) is 1.98. The minimum atomic E-state index is -3.32. The molecule has 0 bridgehead atoms. The van der Waals surface area contributed by atoms with Crippen molar-refractivity contribution in [2.75, 3.05) is 31.6 Å². The van der Waals surface area contributed by atoms with Gasteiger partial charge in [0.05, 0.1) is 12.0 Å². The van der Waals surface area contributed by atoms with Crippen molar-refractivity contribution in [3.05, 3.63) is 0 Å². The second kappa shape index (κ2) is 7.53. The van der Waals surface area contributed by atoms with E-state index in [0.29, 0.717) is 6.42 Å². The first-order valence-electron chi connectivity index (χ1n) is 6.44. The molecule has 1 heterocycles. The molecule has 1 aliphatic rings. The predicted octanol–water partition coefficient (Wildman–Crippen LogP) is -1.01. The largest absolute Gasteiger partial charge is 0.314 e. The standard InChI is InChI=1S/C10H23N3O4S2/c1-18(14,15)12-7-8-13-19(16,17)9-5-10-4-2-3-6-11-10/h10-13H,2-9H2,1H3. The van der Waals surface area contributed by atoms with Gasteiger partial charge >= 0.3 is 0 Å². The lowest BCUT2D eigenvalue weighted by molar-refractivity contribution is 0.392. The second-order valence-electron chi connectivity index (χ2n) is 4.82. The summed E-state index contributed by atoms with van der Waals surface area (Å²) in [4.78, 5) is 0. The van der Waals surface area contributed by atoms with Crippen molar-refractivity contribution in [2.24, 2.45) is 0 Å². The molecule has 0 radical (unpaired) electrons. The molecule has 1 saturated heterocycles. The molecule has 0 aromatic carbocycles. The van der Waals surface area contributed by atoms with Crippen LogP contribution in [0.3, 0.4) is 0 Å². The lowest BCUT2D eigenvalue weighted by atomic mass is 10.0. The highest BCUT2D eigenvalue weighted by atomic mass is 32.2. The monoisotopic (exact) mass is 313 g/mol. The van der Waals surface area contributed by atoms with E-state index in [1.54, 1.807) is 0 Å². The molecule has 19 heavy (non-hydrogen) atoms. The van der Waals surface area contributed by atoms with Crippen molar-refractivity contribution in [1.29, 1.82) is 0 Å². The van der Waals surface area contributed by atoms with Crippen LogP contribution in [0.2, 0.25) is 0 Å². The molecule has 0 spiro atoms. The summed E-state index contributed by atoms with van der Waals surface area (Å²) in [5.74, 6) is 0.0730. The first kappa shape index (κ1) is 16.8. The zero-order valence-electron chi connectivity index (χ0n) is 11.2. The SMILES string of the molecule is CS(=O)(=O)NCCNS(=O)(=O)CCC1CCCCN1. The molecule has 0 aromatic rings. The number of hydrogen-bond donors (Lipinski definition) is 3. The Balaban J connectivity index is 2.20. The third kappa shape index (κ3) is 8.53. The van der Waals surface area contributed by atoms with E-state index in [1.165, 1.54) is 0 Å². The van der Waals surface area contributed by atoms with E-state index in [2.05, 4.69) is 14.8 Å². The molecule has 1 atom stereocenters. The lowest BCUT2D eigenvalue weighted by Crippen LogP contribution is -2.39. The maximum Gasteiger partial charge on any atom is 0.211 e. The molecule has 7 nitrogen and oxygen atoms in total. The van der Waals surface area contributed by atoms with Gasteiger partial charge < -0.3 is 5.32 Å². The van der Waals surface area contributed by atoms with E-state index in [1.807, 2.05) is 0 Å². The molecule has 1 fully saturated rings. The predicted molar refractivity (Wildman–Crippen MR) is 74.9 cm³/mol. The Kier molecular flexibility index (Phi) is 6.67. The van der Waals surface area contributed by atoms with Crippen LogP contribution in [0.5, 0.6) is 0 Å². The second-order valence-corrected chi connectivity index (χ2v) is 8.57. The van der Waals surface area contributed by atoms with Crippen LogP contribution in [0.15, 0.2) is 0 Å². The molecule has 0 aliphatic carbocycles. The number of rotatable bonds is 8. The number of sulfonamides is 2. The average Bonchev–Trinajstić information content (AvgIpc) is 2.33. The highest BCUT2D eigenvalue weighted by Crippen LogP contribution is 2.10. The Morgan fingerprint density at radius 3 is 2.37 bits per heavy atom. The quantitative estimate of drug-likeness (QED) is 0.498. The van der Waals surface area contributed by atoms with Crippen LogP contribution >= 0.6 is 0 Å². The van der Waals surface area contributed by atoms with Gasteiger partial charge in [0.15, 0.2) is 0 Å². The Morgan fingerprint density at radius 2 is 1.79 bits per heavy atom. The van der Waals surface area contributed by atoms with Crippen LogP contribution < -0.4 is 14.8 Å². The van der Waals surface area contributed by atoms with Crippen LogP contribution in [0.1, 0.15) is 25.7 Å². The maximum atomic E-state index is 11.7. The van der Waals surface area contributed by atoms with Gasteiger partial charge in [0.25, 0.3) is 0 Å². The first-order chi connectivity index (χ1) is 8.79. The van der Waals surface area contributed by atoms with E-state index >= 15 is 0 Å². The summed E-state index contributed by atoms with van der Waals surface area (Å²) in [5, 5.41) is 3.29. The van der Waals surface area contributed by atoms with Crippen LogP contribution in [-0.4, -0.2) is 54.5 Å². The summed E-state index contributed by atoms with van der Waals surface area (Å²) in [6, 6.07) is 0.277. The number of nitrogens with one attached hydrogen (secondary N) is 3. The van der Waals surface area contributed by atoms with E-state index in [-0.39, 0.29) is 24.9 Å². The third-order valence-electron chi connectivity index (χ3n) is 2.96. The topological polar surface area (TPSA) is 104 Å². The zero-order valence-corrected chi connectivity index (χ0v) is 12.8. The summed E-state index contributed by atoms with van der Waals surface area (Å²) in [6.45, 7) is 1.10. The minimum absolute atomic E-state index is 0.0692. The van der Waals surface area contributed by atoms with E-state index in [0.717, 1.165) is 32.1 Å². The molecule has 0 amide bonds. The summed E-state index contributed by atoms with van der Waals surface area (Å²) in [5.41, 5.74) is 0. The van der Waals surface area contributed by atoms with Crippen molar-refractivity contribution in [3.63, 3.8) is 0 Å². The highest BCUT2D eigenvalue weighted by molar-refractivity contribution is 7.89. The number of hydrogen-bond acceptors (Lipinski definition) is 5. The fourth-order valence-corrected chi connectivity index (χ4v) is 3.61. The Bertz CT molecular complexity index is 455. The van der Waals surface area contributed by atoms with Gasteiger partial charge in [-0.2, -0.15) is 0 Å². The smallest absolute Gasteiger partial charge is 0.211 e. The van der Waals surface area contributed by atoms with Crippen LogP contribution in [0, 0.1) is 0 Å². The van der Waals surface area contributed by atoms with Gasteiger partial charge in [-0.3, -0.25) is 0 Å². The molecule has 114 valence electrons. The van der Waals surface area contributed by atoms with Crippen molar-refractivity contribution in [1.82, 2.24) is 14.8 Å². The van der Waals surface area contributed by atoms with Crippen LogP contribution in [0.4, 0.5) is 0 Å². The summed E-state index contributed by atoms with van der Waals surface area (Å²) in [6.07, 6.45) is 4.94. The van der Waals surface area contributed by atoms with Crippen LogP contribution in [0.25, 0.3) is 0 Å². The van der Waals surface area contributed by atoms with E-state index in [4.69, 9.17) is 0 Å². The lowest BCUT2D eigenvalue weighted by Gasteiger charge is -2.23. The first-order valence-corrected chi connectivity index (χ1v) is 9.98. The number of piperidine rings is 1. The molecule has 3 N–H and O–H groups in total. The normalized spacial score (nSPS) is 21.4. The molecule has 0 aromatic heterocycles. The van der Waals surface area contributed by atoms with E-state index in [9.17, 15) is 16.8 Å². The van der Waals surface area contributed by atoms with Gasteiger partial charge in [-0.15, -0.1) is 0 Å². The molecular formula is C10H23N3O4S2. The highest BCUT2D eigenvalue weighted by Gasteiger charge is 2.17. The van der Waals surface area contributed by atoms with Crippen molar-refractivity contribution >= 4 is 20.0 Å². The van der Waals surface area contributed by atoms with Gasteiger partial charge in [-0.05, 0) is 25.8 Å². The molecule has 9 heteroatoms. The Morgan fingerprint density at radius 1 is 1.11 bits per heavy atom. The molecular weight excluding hydrogens is 290 g/mol. The average molecular weight is 313 g/mol. The van der Waals surface area contributed by atoms with Gasteiger partial charge in [0, 0.05) is 19.1 Å². The van der Waals surface area contributed by atoms with Crippen molar-refractivity contribution in [2.45, 2.75) is 31.7 Å². The molecule has 1 unspecified atom stereocenters. The van der Waals surface area contributed by atoms with E-state index < -0.39 is 20.0 Å². The van der Waals surface area contributed by atoms with Gasteiger partial charge in [0.2, 0.25) is 20.0 Å². The molecule has 1 aliphatic heterocycles. The van der Waals surface area contributed by atoms with Gasteiger partial charge in [-0.25, -0.2) is 26.3 Å². The van der Waals surface area contributed by atoms with Crippen molar-refractivity contribution < 1.29 is 16.8 Å². The summed E-state index contributed by atoms with van der Waals surface area (Å²) >= 11 is 0. The Hall–Kier alpha value is -0.220. The van der Waals surface area contributed by atoms with Gasteiger partial charge in [-0.1, -0.05) is 6.42 Å². The van der Waals surface area contributed by atoms with Crippen LogP contribution in [-0.2, 0) is 20.0 Å². The minimum Gasteiger partial charge on any atom is -0.314 e. The summed E-state index contributed by atoms with van der Waals surface area (Å²) in [7, 11) is -6.59. The Labute approximate surface area is 115 Å². The molecule has 1 rings (SSSR count).